The van der Waals surface area contributed by atoms with E-state index in [2.05, 4.69) is 59.9 Å². The zero-order valence-corrected chi connectivity index (χ0v) is 19.0. The van der Waals surface area contributed by atoms with E-state index >= 15 is 0 Å². The lowest BCUT2D eigenvalue weighted by Gasteiger charge is -2.25. The summed E-state index contributed by atoms with van der Waals surface area (Å²) in [7, 11) is -0.177. The van der Waals surface area contributed by atoms with Gasteiger partial charge in [0.2, 0.25) is 5.95 Å². The molecule has 4 heterocycles. The second-order valence-electron chi connectivity index (χ2n) is 8.25. The first-order chi connectivity index (χ1) is 15.3. The van der Waals surface area contributed by atoms with Crippen LogP contribution in [0.4, 0.5) is 17.5 Å². The van der Waals surface area contributed by atoms with Gasteiger partial charge in [0.05, 0.1) is 11.6 Å². The Kier molecular flexibility index (Phi) is 5.10. The highest BCUT2D eigenvalue weighted by Crippen LogP contribution is 2.24. The van der Waals surface area contributed by atoms with Gasteiger partial charge in [-0.05, 0) is 48.9 Å². The molecule has 1 N–H and O–H groups in total. The number of benzene rings is 1. The quantitative estimate of drug-likeness (QED) is 0.511. The highest BCUT2D eigenvalue weighted by Gasteiger charge is 2.14. The predicted octanol–water partition coefficient (Wildman–Crippen LogP) is 3.30. The number of anilines is 2. The third-order valence-corrected chi connectivity index (χ3v) is 5.85. The standard InChI is InChI=1S/C22H24N8OS/c1-29-10-9-15-7-8-18(11-16(15)14-29)25-22-23-12-17-13-24-30(21(17)27-22)20-6-4-5-19(26-20)28-32(2,3)31/h4-8,11-13H,9-10,14H2,1-3H3,(H,23,25,27). The van der Waals surface area contributed by atoms with Gasteiger partial charge in [-0.1, -0.05) is 12.1 Å². The van der Waals surface area contributed by atoms with E-state index in [1.165, 1.54) is 11.1 Å². The molecule has 1 aromatic carbocycles. The summed E-state index contributed by atoms with van der Waals surface area (Å²) >= 11 is 0. The van der Waals surface area contributed by atoms with E-state index in [1.807, 2.05) is 12.1 Å². The van der Waals surface area contributed by atoms with Gasteiger partial charge < -0.3 is 10.2 Å². The SMILES string of the molecule is CN1CCc2ccc(Nc3ncc4cnn(-c5cccc(N=S(C)(C)=O)n5)c4n3)cc2C1. The summed E-state index contributed by atoms with van der Waals surface area (Å²) < 4.78 is 17.8. The molecule has 4 aromatic rings. The van der Waals surface area contributed by atoms with E-state index < -0.39 is 9.73 Å². The van der Waals surface area contributed by atoms with E-state index in [0.717, 1.165) is 30.6 Å². The van der Waals surface area contributed by atoms with Gasteiger partial charge in [-0.2, -0.15) is 19.1 Å². The van der Waals surface area contributed by atoms with Crippen LogP contribution in [0.1, 0.15) is 11.1 Å². The fourth-order valence-corrected chi connectivity index (χ4v) is 4.31. The fourth-order valence-electron chi connectivity index (χ4n) is 3.76. The van der Waals surface area contributed by atoms with Crippen molar-refractivity contribution in [1.29, 1.82) is 0 Å². The Morgan fingerprint density at radius 1 is 1.09 bits per heavy atom. The molecule has 0 bridgehead atoms. The molecule has 164 valence electrons. The summed E-state index contributed by atoms with van der Waals surface area (Å²) in [5.41, 5.74) is 4.29. The molecular weight excluding hydrogens is 424 g/mol. The van der Waals surface area contributed by atoms with Crippen LogP contribution in [0.15, 0.2) is 53.2 Å². The highest BCUT2D eigenvalue weighted by atomic mass is 32.2. The second kappa shape index (κ2) is 7.95. The van der Waals surface area contributed by atoms with Crippen LogP contribution >= 0.6 is 0 Å². The van der Waals surface area contributed by atoms with Crippen molar-refractivity contribution in [3.63, 3.8) is 0 Å². The molecule has 0 amide bonds. The van der Waals surface area contributed by atoms with Gasteiger partial charge in [0.15, 0.2) is 17.3 Å². The molecular formula is C22H24N8OS. The van der Waals surface area contributed by atoms with Crippen LogP contribution in [0, 0.1) is 0 Å². The maximum absolute atomic E-state index is 12.0. The molecule has 0 atom stereocenters. The number of rotatable bonds is 4. The number of likely N-dealkylation sites (N-methyl/N-ethyl adjacent to an activating group) is 1. The number of pyridine rings is 1. The number of hydrogen-bond donors (Lipinski definition) is 1. The minimum Gasteiger partial charge on any atom is -0.324 e. The van der Waals surface area contributed by atoms with Crippen LogP contribution < -0.4 is 5.32 Å². The van der Waals surface area contributed by atoms with Crippen molar-refractivity contribution in [2.75, 3.05) is 31.4 Å². The van der Waals surface area contributed by atoms with Gasteiger partial charge in [0.25, 0.3) is 0 Å². The Balaban J connectivity index is 1.48. The topological polar surface area (TPSA) is 101 Å². The number of nitrogens with one attached hydrogen (secondary N) is 1. The normalized spacial score (nSPS) is 14.3. The monoisotopic (exact) mass is 448 g/mol. The molecule has 32 heavy (non-hydrogen) atoms. The summed E-state index contributed by atoms with van der Waals surface area (Å²) in [6, 6.07) is 11.7. The minimum atomic E-state index is -2.31. The summed E-state index contributed by atoms with van der Waals surface area (Å²) in [4.78, 5) is 15.9. The van der Waals surface area contributed by atoms with E-state index in [4.69, 9.17) is 0 Å². The molecule has 1 aliphatic heterocycles. The molecule has 0 saturated carbocycles. The van der Waals surface area contributed by atoms with Crippen LogP contribution in [0.2, 0.25) is 0 Å². The first kappa shape index (κ1) is 20.5. The van der Waals surface area contributed by atoms with Crippen molar-refractivity contribution >= 4 is 38.2 Å². The smallest absolute Gasteiger partial charge is 0.229 e. The molecule has 3 aromatic heterocycles. The zero-order chi connectivity index (χ0) is 22.3. The van der Waals surface area contributed by atoms with Crippen molar-refractivity contribution in [1.82, 2.24) is 29.6 Å². The molecule has 0 fully saturated rings. The lowest BCUT2D eigenvalue weighted by Crippen LogP contribution is -2.26. The third-order valence-electron chi connectivity index (χ3n) is 5.22. The maximum atomic E-state index is 12.0. The fraction of sp³-hybridized carbons (Fsp3) is 0.273. The van der Waals surface area contributed by atoms with E-state index in [0.29, 0.717) is 23.2 Å². The average Bonchev–Trinajstić information content (AvgIpc) is 3.16. The van der Waals surface area contributed by atoms with Gasteiger partial charge in [0.1, 0.15) is 0 Å². The van der Waals surface area contributed by atoms with Gasteiger partial charge in [-0.15, -0.1) is 0 Å². The summed E-state index contributed by atoms with van der Waals surface area (Å²) in [6.07, 6.45) is 7.65. The molecule has 0 spiro atoms. The molecule has 0 saturated heterocycles. The molecule has 0 aliphatic carbocycles. The van der Waals surface area contributed by atoms with E-state index in [1.54, 1.807) is 35.7 Å². The largest absolute Gasteiger partial charge is 0.324 e. The van der Waals surface area contributed by atoms with Crippen molar-refractivity contribution in [3.8, 4) is 5.82 Å². The van der Waals surface area contributed by atoms with Gasteiger partial charge in [0, 0.05) is 47.2 Å². The summed E-state index contributed by atoms with van der Waals surface area (Å²) in [6.45, 7) is 2.02. The Bertz CT molecular complexity index is 1430. The van der Waals surface area contributed by atoms with Gasteiger partial charge in [-0.3, -0.25) is 0 Å². The second-order valence-corrected chi connectivity index (χ2v) is 10.8. The predicted molar refractivity (Wildman–Crippen MR) is 126 cm³/mol. The number of hydrogen-bond acceptors (Lipinski definition) is 8. The van der Waals surface area contributed by atoms with Crippen molar-refractivity contribution < 1.29 is 4.21 Å². The molecule has 0 radical (unpaired) electrons. The lowest BCUT2D eigenvalue weighted by molar-refractivity contribution is 0.313. The van der Waals surface area contributed by atoms with Crippen LogP contribution in [0.25, 0.3) is 16.9 Å². The first-order valence-electron chi connectivity index (χ1n) is 10.3. The number of fused-ring (bicyclic) bond motifs is 2. The summed E-state index contributed by atoms with van der Waals surface area (Å²) in [5.74, 6) is 1.42. The van der Waals surface area contributed by atoms with E-state index in [-0.39, 0.29) is 0 Å². The third kappa shape index (κ3) is 4.32. The van der Waals surface area contributed by atoms with Gasteiger partial charge >= 0.3 is 0 Å². The Hall–Kier alpha value is -3.37. The van der Waals surface area contributed by atoms with Crippen molar-refractivity contribution in [3.05, 3.63) is 59.9 Å². The number of nitrogens with zero attached hydrogens (tertiary/aromatic N) is 7. The number of aromatic nitrogens is 5. The Morgan fingerprint density at radius 2 is 1.97 bits per heavy atom. The van der Waals surface area contributed by atoms with Crippen molar-refractivity contribution in [2.24, 2.45) is 4.36 Å². The molecule has 0 unspecified atom stereocenters. The van der Waals surface area contributed by atoms with Crippen LogP contribution in [0.5, 0.6) is 0 Å². The van der Waals surface area contributed by atoms with Gasteiger partial charge in [-0.25, -0.2) is 14.2 Å². The maximum Gasteiger partial charge on any atom is 0.229 e. The minimum absolute atomic E-state index is 0.396. The zero-order valence-electron chi connectivity index (χ0n) is 18.2. The first-order valence-corrected chi connectivity index (χ1v) is 12.6. The van der Waals surface area contributed by atoms with Crippen LogP contribution in [-0.2, 0) is 22.7 Å². The molecule has 5 rings (SSSR count). The van der Waals surface area contributed by atoms with E-state index in [9.17, 15) is 4.21 Å². The van der Waals surface area contributed by atoms with Crippen LogP contribution in [-0.4, -0.2) is 59.9 Å². The summed E-state index contributed by atoms with van der Waals surface area (Å²) in [5, 5.41) is 8.53. The van der Waals surface area contributed by atoms with Crippen LogP contribution in [0.3, 0.4) is 0 Å². The molecule has 1 aliphatic rings. The Labute approximate surface area is 186 Å². The lowest BCUT2D eigenvalue weighted by atomic mass is 9.99. The molecule has 10 heteroatoms. The van der Waals surface area contributed by atoms with Crippen molar-refractivity contribution in [2.45, 2.75) is 13.0 Å². The average molecular weight is 449 g/mol. The Morgan fingerprint density at radius 3 is 2.81 bits per heavy atom. The molecule has 9 nitrogen and oxygen atoms in total. The highest BCUT2D eigenvalue weighted by molar-refractivity contribution is 7.92.